The van der Waals surface area contributed by atoms with Gasteiger partial charge in [-0.3, -0.25) is 9.59 Å². The second-order valence-electron chi connectivity index (χ2n) is 5.30. The molecule has 0 atom stereocenters. The molecule has 0 fully saturated rings. The van der Waals surface area contributed by atoms with Gasteiger partial charge in [0.15, 0.2) is 12.4 Å². The van der Waals surface area contributed by atoms with E-state index in [9.17, 15) is 19.2 Å². The molecule has 0 aliphatic rings. The number of anilines is 1. The molecule has 1 amide bonds. The summed E-state index contributed by atoms with van der Waals surface area (Å²) in [7, 11) is 1.26. The number of rotatable bonds is 6. The van der Waals surface area contributed by atoms with E-state index in [0.717, 1.165) is 0 Å². The number of methoxy groups -OCH3 is 1. The van der Waals surface area contributed by atoms with Gasteiger partial charge in [0.2, 0.25) is 0 Å². The predicted molar refractivity (Wildman–Crippen MR) is 93.1 cm³/mol. The molecule has 0 aliphatic heterocycles. The van der Waals surface area contributed by atoms with Crippen LogP contribution in [0, 0.1) is 0 Å². The van der Waals surface area contributed by atoms with Crippen LogP contribution in [0.1, 0.15) is 38.0 Å². The maximum absolute atomic E-state index is 12.0. The first-order valence-electron chi connectivity index (χ1n) is 7.67. The van der Waals surface area contributed by atoms with Crippen LogP contribution in [0.2, 0.25) is 0 Å². The minimum absolute atomic E-state index is 0.189. The van der Waals surface area contributed by atoms with Crippen molar-refractivity contribution < 1.29 is 28.7 Å². The molecule has 26 heavy (non-hydrogen) atoms. The monoisotopic (exact) mass is 355 g/mol. The molecule has 0 unspecified atom stereocenters. The summed E-state index contributed by atoms with van der Waals surface area (Å²) in [6.07, 6.45) is 0. The van der Waals surface area contributed by atoms with Gasteiger partial charge in [0.25, 0.3) is 5.91 Å². The molecule has 0 radical (unpaired) electrons. The number of benzene rings is 2. The first-order chi connectivity index (χ1) is 12.4. The second kappa shape index (κ2) is 8.57. The summed E-state index contributed by atoms with van der Waals surface area (Å²) >= 11 is 0. The van der Waals surface area contributed by atoms with Gasteiger partial charge in [-0.2, -0.15) is 0 Å². The molecule has 2 aromatic rings. The van der Waals surface area contributed by atoms with Gasteiger partial charge >= 0.3 is 11.9 Å². The number of nitrogens with one attached hydrogen (secondary N) is 1. The number of Topliss-reactive ketones (excluding diaryl/α,β-unsaturated/α-hetero) is 1. The van der Waals surface area contributed by atoms with E-state index >= 15 is 0 Å². The zero-order chi connectivity index (χ0) is 19.1. The van der Waals surface area contributed by atoms with Crippen LogP contribution in [0.25, 0.3) is 0 Å². The summed E-state index contributed by atoms with van der Waals surface area (Å²) in [6.45, 7) is 0.882. The van der Waals surface area contributed by atoms with Gasteiger partial charge < -0.3 is 14.8 Å². The number of para-hydroxylation sites is 1. The minimum Gasteiger partial charge on any atom is -0.465 e. The molecule has 0 heterocycles. The fraction of sp³-hybridized carbons (Fsp3) is 0.158. The Bertz CT molecular complexity index is 841. The van der Waals surface area contributed by atoms with Crippen molar-refractivity contribution in [2.45, 2.75) is 6.92 Å². The van der Waals surface area contributed by atoms with Crippen LogP contribution in [0.4, 0.5) is 5.69 Å². The van der Waals surface area contributed by atoms with E-state index in [2.05, 4.69) is 10.1 Å². The molecule has 2 rings (SSSR count). The predicted octanol–water partition coefficient (Wildman–Crippen LogP) is 2.47. The van der Waals surface area contributed by atoms with Gasteiger partial charge in [-0.05, 0) is 43.3 Å². The molecule has 134 valence electrons. The van der Waals surface area contributed by atoms with E-state index < -0.39 is 24.5 Å². The zero-order valence-electron chi connectivity index (χ0n) is 14.3. The molecular weight excluding hydrogens is 338 g/mol. The van der Waals surface area contributed by atoms with Crippen LogP contribution in [0.3, 0.4) is 0 Å². The molecule has 0 aromatic heterocycles. The smallest absolute Gasteiger partial charge is 0.338 e. The number of ether oxygens (including phenoxy) is 2. The van der Waals surface area contributed by atoms with Crippen molar-refractivity contribution in [2.24, 2.45) is 0 Å². The third-order valence-corrected chi connectivity index (χ3v) is 3.46. The number of hydrogen-bond donors (Lipinski definition) is 1. The largest absolute Gasteiger partial charge is 0.465 e. The average Bonchev–Trinajstić information content (AvgIpc) is 2.65. The first-order valence-corrected chi connectivity index (χ1v) is 7.67. The van der Waals surface area contributed by atoms with Gasteiger partial charge in [0.1, 0.15) is 0 Å². The molecule has 0 saturated heterocycles. The minimum atomic E-state index is -0.712. The van der Waals surface area contributed by atoms with E-state index in [4.69, 9.17) is 4.74 Å². The van der Waals surface area contributed by atoms with Crippen LogP contribution in [0.5, 0.6) is 0 Å². The zero-order valence-corrected chi connectivity index (χ0v) is 14.3. The number of carbonyl (C=O) groups excluding carboxylic acids is 4. The highest BCUT2D eigenvalue weighted by Gasteiger charge is 2.14. The molecular formula is C19H17NO6. The Labute approximate surface area is 149 Å². The van der Waals surface area contributed by atoms with Crippen molar-refractivity contribution in [1.82, 2.24) is 0 Å². The Morgan fingerprint density at radius 2 is 1.46 bits per heavy atom. The lowest BCUT2D eigenvalue weighted by Gasteiger charge is -2.09. The van der Waals surface area contributed by atoms with Gasteiger partial charge in [0.05, 0.1) is 23.9 Å². The van der Waals surface area contributed by atoms with Crippen molar-refractivity contribution in [3.8, 4) is 0 Å². The van der Waals surface area contributed by atoms with Crippen LogP contribution in [-0.2, 0) is 14.3 Å². The van der Waals surface area contributed by atoms with Gasteiger partial charge in [-0.1, -0.05) is 12.1 Å². The summed E-state index contributed by atoms with van der Waals surface area (Å²) in [4.78, 5) is 46.8. The van der Waals surface area contributed by atoms with Gasteiger partial charge in [-0.15, -0.1) is 0 Å². The maximum Gasteiger partial charge on any atom is 0.338 e. The summed E-state index contributed by atoms with van der Waals surface area (Å²) in [5.41, 5.74) is 1.20. The van der Waals surface area contributed by atoms with Crippen molar-refractivity contribution in [3.05, 3.63) is 65.2 Å². The van der Waals surface area contributed by atoms with Gasteiger partial charge in [-0.25, -0.2) is 9.59 Å². The number of ketones is 1. The lowest BCUT2D eigenvalue weighted by molar-refractivity contribution is -0.119. The Balaban J connectivity index is 1.94. The summed E-state index contributed by atoms with van der Waals surface area (Å²) in [5, 5.41) is 2.53. The van der Waals surface area contributed by atoms with E-state index in [1.165, 1.54) is 38.3 Å². The van der Waals surface area contributed by atoms with Crippen molar-refractivity contribution >= 4 is 29.3 Å². The SMILES string of the molecule is COC(=O)c1ccc(C(=O)OCC(=O)Nc2ccccc2C(C)=O)cc1. The molecule has 7 nitrogen and oxygen atoms in total. The molecule has 0 bridgehead atoms. The highest BCUT2D eigenvalue weighted by molar-refractivity contribution is 6.04. The third kappa shape index (κ3) is 4.76. The Hall–Kier alpha value is -3.48. The van der Waals surface area contributed by atoms with Crippen LogP contribution in [-0.4, -0.2) is 37.3 Å². The normalized spacial score (nSPS) is 9.92. The highest BCUT2D eigenvalue weighted by atomic mass is 16.5. The number of amides is 1. The van der Waals surface area contributed by atoms with Crippen molar-refractivity contribution in [1.29, 1.82) is 0 Å². The Morgan fingerprint density at radius 1 is 0.885 bits per heavy atom. The molecule has 0 spiro atoms. The fourth-order valence-electron chi connectivity index (χ4n) is 2.16. The number of hydrogen-bond acceptors (Lipinski definition) is 6. The average molecular weight is 355 g/mol. The van der Waals surface area contributed by atoms with Gasteiger partial charge in [0, 0.05) is 5.56 Å². The number of carbonyl (C=O) groups is 4. The second-order valence-corrected chi connectivity index (χ2v) is 5.30. The standard InChI is InChI=1S/C19H17NO6/c1-12(21)15-5-3-4-6-16(15)20-17(22)11-26-19(24)14-9-7-13(8-10-14)18(23)25-2/h3-10H,11H2,1-2H3,(H,20,22). The third-order valence-electron chi connectivity index (χ3n) is 3.46. The lowest BCUT2D eigenvalue weighted by Crippen LogP contribution is -2.22. The highest BCUT2D eigenvalue weighted by Crippen LogP contribution is 2.15. The molecule has 1 N–H and O–H groups in total. The quantitative estimate of drug-likeness (QED) is 0.631. The summed E-state index contributed by atoms with van der Waals surface area (Å²) in [5.74, 6) is -1.99. The van der Waals surface area contributed by atoms with E-state index in [1.54, 1.807) is 24.3 Å². The topological polar surface area (TPSA) is 98.8 Å². The number of esters is 2. The van der Waals surface area contributed by atoms with Crippen molar-refractivity contribution in [2.75, 3.05) is 19.0 Å². The van der Waals surface area contributed by atoms with E-state index in [1.807, 2.05) is 0 Å². The first kappa shape index (κ1) is 18.9. The lowest BCUT2D eigenvalue weighted by atomic mass is 10.1. The molecule has 0 saturated carbocycles. The van der Waals surface area contributed by atoms with E-state index in [-0.39, 0.29) is 11.3 Å². The Kier molecular flexibility index (Phi) is 6.21. The molecule has 0 aliphatic carbocycles. The summed E-state index contributed by atoms with van der Waals surface area (Å²) < 4.78 is 9.50. The molecule has 7 heteroatoms. The Morgan fingerprint density at radius 3 is 2.04 bits per heavy atom. The van der Waals surface area contributed by atoms with Crippen molar-refractivity contribution in [3.63, 3.8) is 0 Å². The maximum atomic E-state index is 12.0. The molecule has 2 aromatic carbocycles. The van der Waals surface area contributed by atoms with Crippen LogP contribution >= 0.6 is 0 Å². The van der Waals surface area contributed by atoms with E-state index in [0.29, 0.717) is 16.8 Å². The summed E-state index contributed by atoms with van der Waals surface area (Å²) in [6, 6.07) is 12.2. The van der Waals surface area contributed by atoms with Crippen LogP contribution in [0.15, 0.2) is 48.5 Å². The fourth-order valence-corrected chi connectivity index (χ4v) is 2.16. The van der Waals surface area contributed by atoms with Crippen LogP contribution < -0.4 is 5.32 Å².